The number of carbonyl (C=O) groups excluding carboxylic acids is 1. The minimum Gasteiger partial charge on any atom is -0.389 e. The molecule has 1 aliphatic rings. The summed E-state index contributed by atoms with van der Waals surface area (Å²) < 4.78 is 0. The summed E-state index contributed by atoms with van der Waals surface area (Å²) in [6, 6.07) is 6.94. The third-order valence-corrected chi connectivity index (χ3v) is 3.61. The van der Waals surface area contributed by atoms with E-state index in [2.05, 4.69) is 0 Å². The van der Waals surface area contributed by atoms with Crippen molar-refractivity contribution in [2.24, 2.45) is 5.73 Å². The maximum atomic E-state index is 12.3. The smallest absolute Gasteiger partial charge is 0.253 e. The Kier molecular flexibility index (Phi) is 3.87. The maximum Gasteiger partial charge on any atom is 0.253 e. The number of piperidine rings is 1. The lowest BCUT2D eigenvalue weighted by molar-refractivity contribution is -0.0107. The van der Waals surface area contributed by atoms with E-state index in [0.717, 1.165) is 18.4 Å². The molecule has 102 valence electrons. The Morgan fingerprint density at radius 2 is 1.95 bits per heavy atom. The Morgan fingerprint density at radius 1 is 1.37 bits per heavy atom. The lowest BCUT2D eigenvalue weighted by Crippen LogP contribution is -2.48. The molecular formula is C14H18N2O2S. The van der Waals surface area contributed by atoms with Crippen molar-refractivity contribution in [1.82, 2.24) is 4.90 Å². The Hall–Kier alpha value is -1.46. The molecule has 4 nitrogen and oxygen atoms in total. The minimum atomic E-state index is -0.785. The zero-order valence-corrected chi connectivity index (χ0v) is 11.7. The minimum absolute atomic E-state index is 0.0607. The fourth-order valence-electron chi connectivity index (χ4n) is 2.35. The lowest BCUT2D eigenvalue weighted by Gasteiger charge is -2.36. The van der Waals surface area contributed by atoms with Gasteiger partial charge in [-0.25, -0.2) is 0 Å². The number of hydrogen-bond acceptors (Lipinski definition) is 3. The SMILES string of the molecule is CC1(O)CCCN(C(=O)c2ccc(C(N)=S)cc2)C1. The number of nitrogens with two attached hydrogens (primary N) is 1. The number of hydrogen-bond donors (Lipinski definition) is 2. The predicted octanol–water partition coefficient (Wildman–Crippen LogP) is 1.31. The van der Waals surface area contributed by atoms with Crippen LogP contribution >= 0.6 is 12.2 Å². The summed E-state index contributed by atoms with van der Waals surface area (Å²) in [4.78, 5) is 14.3. The normalized spacial score (nSPS) is 23.2. The van der Waals surface area contributed by atoms with Crippen LogP contribution in [0.15, 0.2) is 24.3 Å². The van der Waals surface area contributed by atoms with E-state index in [1.54, 1.807) is 36.1 Å². The van der Waals surface area contributed by atoms with E-state index in [1.165, 1.54) is 0 Å². The third-order valence-electron chi connectivity index (χ3n) is 3.38. The van der Waals surface area contributed by atoms with Crippen molar-refractivity contribution >= 4 is 23.1 Å². The second-order valence-electron chi connectivity index (χ2n) is 5.27. The third kappa shape index (κ3) is 3.30. The number of nitrogens with zero attached hydrogens (tertiary/aromatic N) is 1. The summed E-state index contributed by atoms with van der Waals surface area (Å²) in [5.41, 5.74) is 6.08. The van der Waals surface area contributed by atoms with Crippen molar-refractivity contribution in [3.63, 3.8) is 0 Å². The zero-order valence-electron chi connectivity index (χ0n) is 10.9. The van der Waals surface area contributed by atoms with E-state index < -0.39 is 5.60 Å². The van der Waals surface area contributed by atoms with Crippen molar-refractivity contribution in [3.05, 3.63) is 35.4 Å². The quantitative estimate of drug-likeness (QED) is 0.800. The highest BCUT2D eigenvalue weighted by molar-refractivity contribution is 7.80. The van der Waals surface area contributed by atoms with Crippen molar-refractivity contribution in [2.45, 2.75) is 25.4 Å². The van der Waals surface area contributed by atoms with Gasteiger partial charge in [0.25, 0.3) is 5.91 Å². The predicted molar refractivity (Wildman–Crippen MR) is 78.1 cm³/mol. The van der Waals surface area contributed by atoms with Gasteiger partial charge in [-0.05, 0) is 31.9 Å². The van der Waals surface area contributed by atoms with Crippen LogP contribution in [0.4, 0.5) is 0 Å². The van der Waals surface area contributed by atoms with Gasteiger partial charge in [-0.15, -0.1) is 0 Å². The lowest BCUT2D eigenvalue weighted by atomic mass is 9.94. The van der Waals surface area contributed by atoms with E-state index in [9.17, 15) is 9.90 Å². The van der Waals surface area contributed by atoms with Crippen LogP contribution in [0.2, 0.25) is 0 Å². The molecule has 0 saturated carbocycles. The number of β-amino-alcohol motifs (C(OH)–C–C–N with tert-alkyl or cyclic N) is 1. The average Bonchev–Trinajstić information content (AvgIpc) is 2.37. The molecule has 0 radical (unpaired) electrons. The van der Waals surface area contributed by atoms with Gasteiger partial charge in [-0.2, -0.15) is 0 Å². The van der Waals surface area contributed by atoms with Gasteiger partial charge in [0, 0.05) is 24.2 Å². The molecule has 19 heavy (non-hydrogen) atoms. The van der Waals surface area contributed by atoms with Crippen LogP contribution in [0, 0.1) is 0 Å². The van der Waals surface area contributed by atoms with Crippen LogP contribution in [-0.2, 0) is 0 Å². The van der Waals surface area contributed by atoms with E-state index in [0.29, 0.717) is 23.6 Å². The first-order valence-corrected chi connectivity index (χ1v) is 6.71. The van der Waals surface area contributed by atoms with Gasteiger partial charge < -0.3 is 15.7 Å². The highest BCUT2D eigenvalue weighted by Crippen LogP contribution is 2.21. The van der Waals surface area contributed by atoms with Crippen molar-refractivity contribution in [2.75, 3.05) is 13.1 Å². The van der Waals surface area contributed by atoms with E-state index in [-0.39, 0.29) is 5.91 Å². The molecule has 1 aromatic rings. The van der Waals surface area contributed by atoms with Gasteiger partial charge >= 0.3 is 0 Å². The molecule has 1 heterocycles. The maximum absolute atomic E-state index is 12.3. The van der Waals surface area contributed by atoms with Gasteiger partial charge in [0.2, 0.25) is 0 Å². The van der Waals surface area contributed by atoms with Crippen LogP contribution in [-0.4, -0.2) is 39.6 Å². The van der Waals surface area contributed by atoms with Crippen molar-refractivity contribution in [3.8, 4) is 0 Å². The molecule has 0 aromatic heterocycles. The Morgan fingerprint density at radius 3 is 2.47 bits per heavy atom. The highest BCUT2D eigenvalue weighted by atomic mass is 32.1. The van der Waals surface area contributed by atoms with E-state index in [4.69, 9.17) is 18.0 Å². The average molecular weight is 278 g/mol. The highest BCUT2D eigenvalue weighted by Gasteiger charge is 2.31. The Labute approximate surface area is 118 Å². The van der Waals surface area contributed by atoms with Crippen LogP contribution < -0.4 is 5.73 Å². The number of thiocarbonyl (C=S) groups is 1. The number of likely N-dealkylation sites (tertiary alicyclic amines) is 1. The van der Waals surface area contributed by atoms with Crippen molar-refractivity contribution in [1.29, 1.82) is 0 Å². The summed E-state index contributed by atoms with van der Waals surface area (Å²) >= 11 is 4.88. The topological polar surface area (TPSA) is 66.6 Å². The molecule has 0 bridgehead atoms. The number of amides is 1. The molecule has 1 atom stereocenters. The first-order chi connectivity index (χ1) is 8.89. The summed E-state index contributed by atoms with van der Waals surface area (Å²) in [6.07, 6.45) is 1.56. The fourth-order valence-corrected chi connectivity index (χ4v) is 2.49. The molecule has 5 heteroatoms. The van der Waals surface area contributed by atoms with Crippen LogP contribution in [0.3, 0.4) is 0 Å². The largest absolute Gasteiger partial charge is 0.389 e. The van der Waals surface area contributed by atoms with Gasteiger partial charge in [0.05, 0.1) is 5.60 Å². The number of carbonyl (C=O) groups is 1. The molecule has 1 fully saturated rings. The molecule has 1 unspecified atom stereocenters. The van der Waals surface area contributed by atoms with Crippen LogP contribution in [0.5, 0.6) is 0 Å². The zero-order chi connectivity index (χ0) is 14.0. The summed E-state index contributed by atoms with van der Waals surface area (Å²) in [7, 11) is 0. The van der Waals surface area contributed by atoms with Crippen LogP contribution in [0.25, 0.3) is 0 Å². The number of benzene rings is 1. The number of rotatable bonds is 2. The van der Waals surface area contributed by atoms with Gasteiger partial charge in [0.1, 0.15) is 4.99 Å². The standard InChI is InChI=1S/C14H18N2O2S/c1-14(18)7-2-8-16(9-14)13(17)11-5-3-10(4-6-11)12(15)19/h3-6,18H,2,7-9H2,1H3,(H2,15,19). The molecule has 3 N–H and O–H groups in total. The van der Waals surface area contributed by atoms with Crippen molar-refractivity contribution < 1.29 is 9.90 Å². The molecular weight excluding hydrogens is 260 g/mol. The second-order valence-corrected chi connectivity index (χ2v) is 5.71. The van der Waals surface area contributed by atoms with Crippen LogP contribution in [0.1, 0.15) is 35.7 Å². The summed E-state index contributed by atoms with van der Waals surface area (Å²) in [5.74, 6) is -0.0607. The molecule has 0 aliphatic carbocycles. The van der Waals surface area contributed by atoms with E-state index in [1.807, 2.05) is 0 Å². The molecule has 2 rings (SSSR count). The molecule has 1 aliphatic heterocycles. The second kappa shape index (κ2) is 5.27. The monoisotopic (exact) mass is 278 g/mol. The molecule has 1 amide bonds. The Balaban J connectivity index is 2.13. The summed E-state index contributed by atoms with van der Waals surface area (Å²) in [6.45, 7) is 2.83. The fraction of sp³-hybridized carbons (Fsp3) is 0.429. The Bertz CT molecular complexity index is 497. The first-order valence-electron chi connectivity index (χ1n) is 6.31. The summed E-state index contributed by atoms with van der Waals surface area (Å²) in [5, 5.41) is 10.0. The van der Waals surface area contributed by atoms with Gasteiger partial charge in [-0.1, -0.05) is 24.4 Å². The van der Waals surface area contributed by atoms with Gasteiger partial charge in [0.15, 0.2) is 0 Å². The molecule has 0 spiro atoms. The van der Waals surface area contributed by atoms with Gasteiger partial charge in [-0.3, -0.25) is 4.79 Å². The molecule has 1 aromatic carbocycles. The molecule has 1 saturated heterocycles. The number of aliphatic hydroxyl groups is 1. The first kappa shape index (κ1) is 14.0. The van der Waals surface area contributed by atoms with E-state index >= 15 is 0 Å².